The number of benzene rings is 1. The predicted molar refractivity (Wildman–Crippen MR) is 59.1 cm³/mol. The highest BCUT2D eigenvalue weighted by atomic mass is 32.1. The van der Waals surface area contributed by atoms with Crippen LogP contribution in [0.4, 0.5) is 15.6 Å². The molecule has 0 aliphatic carbocycles. The van der Waals surface area contributed by atoms with Crippen molar-refractivity contribution in [3.8, 4) is 0 Å². The van der Waals surface area contributed by atoms with Gasteiger partial charge in [0, 0.05) is 17.6 Å². The predicted octanol–water partition coefficient (Wildman–Crippen LogP) is 2.16. The summed E-state index contributed by atoms with van der Waals surface area (Å²) >= 11 is 1.35. The third-order valence-corrected chi connectivity index (χ3v) is 2.52. The molecule has 0 bridgehead atoms. The lowest BCUT2D eigenvalue weighted by molar-refractivity contribution is 0.256. The second-order valence-electron chi connectivity index (χ2n) is 2.74. The molecule has 2 amide bonds. The standard InChI is InChI=1S/C10H8N3OS/c11-9(14)13(10-12-6-7-15-10)8-4-2-1-3-5-8/h1-4,6-7H,(H2,11,14). The minimum absolute atomic E-state index is 0.546. The maximum absolute atomic E-state index is 11.3. The minimum Gasteiger partial charge on any atom is -0.351 e. The number of anilines is 2. The van der Waals surface area contributed by atoms with E-state index in [2.05, 4.69) is 11.1 Å². The van der Waals surface area contributed by atoms with Crippen molar-refractivity contribution in [2.75, 3.05) is 4.90 Å². The van der Waals surface area contributed by atoms with Crippen LogP contribution in [0.5, 0.6) is 0 Å². The van der Waals surface area contributed by atoms with Crippen molar-refractivity contribution in [3.63, 3.8) is 0 Å². The van der Waals surface area contributed by atoms with E-state index in [0.29, 0.717) is 10.8 Å². The van der Waals surface area contributed by atoms with E-state index in [1.54, 1.807) is 23.7 Å². The quantitative estimate of drug-likeness (QED) is 0.839. The molecular formula is C10H8N3OS. The molecule has 1 heterocycles. The summed E-state index contributed by atoms with van der Waals surface area (Å²) in [7, 11) is 0. The summed E-state index contributed by atoms with van der Waals surface area (Å²) < 4.78 is 0. The molecule has 2 rings (SSSR count). The molecule has 0 unspecified atom stereocenters. The fourth-order valence-electron chi connectivity index (χ4n) is 1.17. The van der Waals surface area contributed by atoms with Crippen LogP contribution in [0.1, 0.15) is 0 Å². The summed E-state index contributed by atoms with van der Waals surface area (Å²) in [6, 6.07) is 9.48. The Morgan fingerprint density at radius 3 is 2.93 bits per heavy atom. The number of urea groups is 1. The lowest BCUT2D eigenvalue weighted by Gasteiger charge is -2.16. The van der Waals surface area contributed by atoms with Crippen LogP contribution in [0, 0.1) is 6.07 Å². The largest absolute Gasteiger partial charge is 0.351 e. The Labute approximate surface area is 91.0 Å². The van der Waals surface area contributed by atoms with Crippen LogP contribution in [0.2, 0.25) is 0 Å². The smallest absolute Gasteiger partial charge is 0.325 e. The van der Waals surface area contributed by atoms with Gasteiger partial charge in [0.1, 0.15) is 0 Å². The van der Waals surface area contributed by atoms with E-state index in [9.17, 15) is 4.79 Å². The van der Waals surface area contributed by atoms with Gasteiger partial charge in [0.2, 0.25) is 0 Å². The van der Waals surface area contributed by atoms with Gasteiger partial charge >= 0.3 is 6.03 Å². The van der Waals surface area contributed by atoms with E-state index in [0.717, 1.165) is 0 Å². The third kappa shape index (κ3) is 1.97. The van der Waals surface area contributed by atoms with Gasteiger partial charge in [-0.2, -0.15) is 0 Å². The van der Waals surface area contributed by atoms with Gasteiger partial charge in [-0.25, -0.2) is 14.7 Å². The summed E-state index contributed by atoms with van der Waals surface area (Å²) in [5, 5.41) is 2.33. The van der Waals surface area contributed by atoms with Gasteiger partial charge in [-0.05, 0) is 6.07 Å². The average molecular weight is 218 g/mol. The second kappa shape index (κ2) is 4.10. The van der Waals surface area contributed by atoms with E-state index in [1.165, 1.54) is 16.2 Å². The summed E-state index contributed by atoms with van der Waals surface area (Å²) in [5.41, 5.74) is 5.89. The molecule has 15 heavy (non-hydrogen) atoms. The zero-order valence-corrected chi connectivity index (χ0v) is 8.57. The molecule has 2 N–H and O–H groups in total. The van der Waals surface area contributed by atoms with Crippen molar-refractivity contribution in [1.82, 2.24) is 4.98 Å². The Balaban J connectivity index is 2.42. The molecule has 0 saturated carbocycles. The highest BCUT2D eigenvalue weighted by molar-refractivity contribution is 7.13. The molecule has 0 aliphatic rings. The van der Waals surface area contributed by atoms with Crippen LogP contribution in [0.3, 0.4) is 0 Å². The van der Waals surface area contributed by atoms with Gasteiger partial charge in [0.25, 0.3) is 0 Å². The molecule has 0 atom stereocenters. The lowest BCUT2D eigenvalue weighted by Crippen LogP contribution is -2.31. The first kappa shape index (κ1) is 9.67. The maximum atomic E-state index is 11.3. The third-order valence-electron chi connectivity index (χ3n) is 1.76. The molecule has 1 aromatic carbocycles. The number of hydrogen-bond donors (Lipinski definition) is 1. The molecule has 1 radical (unpaired) electrons. The van der Waals surface area contributed by atoms with Crippen molar-refractivity contribution in [2.45, 2.75) is 0 Å². The second-order valence-corrected chi connectivity index (χ2v) is 3.61. The van der Waals surface area contributed by atoms with Crippen molar-refractivity contribution in [2.24, 2.45) is 5.73 Å². The minimum atomic E-state index is -0.563. The van der Waals surface area contributed by atoms with Crippen LogP contribution >= 0.6 is 11.3 Å². The normalized spacial score (nSPS) is 9.87. The zero-order chi connectivity index (χ0) is 10.7. The van der Waals surface area contributed by atoms with Crippen molar-refractivity contribution in [3.05, 3.63) is 41.9 Å². The van der Waals surface area contributed by atoms with Crippen LogP contribution in [0.15, 0.2) is 35.8 Å². The summed E-state index contributed by atoms with van der Waals surface area (Å²) in [6.07, 6.45) is 1.62. The number of rotatable bonds is 2. The van der Waals surface area contributed by atoms with E-state index in [-0.39, 0.29) is 0 Å². The van der Waals surface area contributed by atoms with Gasteiger partial charge in [-0.15, -0.1) is 11.3 Å². The average Bonchev–Trinajstić information content (AvgIpc) is 2.72. The Bertz CT molecular complexity index is 441. The number of nitrogens with zero attached hydrogens (tertiary/aromatic N) is 2. The molecule has 4 nitrogen and oxygen atoms in total. The van der Waals surface area contributed by atoms with E-state index in [1.807, 2.05) is 12.1 Å². The first-order chi connectivity index (χ1) is 7.29. The molecule has 0 fully saturated rings. The van der Waals surface area contributed by atoms with Crippen molar-refractivity contribution >= 4 is 28.2 Å². The van der Waals surface area contributed by atoms with Crippen LogP contribution in [-0.4, -0.2) is 11.0 Å². The molecular weight excluding hydrogens is 210 g/mol. The Hall–Kier alpha value is -1.88. The molecule has 75 valence electrons. The number of aromatic nitrogens is 1. The van der Waals surface area contributed by atoms with Crippen LogP contribution < -0.4 is 10.6 Å². The molecule has 5 heteroatoms. The number of para-hydroxylation sites is 1. The first-order valence-electron chi connectivity index (χ1n) is 4.25. The Morgan fingerprint density at radius 2 is 2.40 bits per heavy atom. The van der Waals surface area contributed by atoms with Gasteiger partial charge in [0.15, 0.2) is 5.13 Å². The van der Waals surface area contributed by atoms with Gasteiger partial charge < -0.3 is 5.73 Å². The molecule has 0 spiro atoms. The molecule has 0 aliphatic heterocycles. The van der Waals surface area contributed by atoms with Gasteiger partial charge in [0.05, 0.1) is 5.69 Å². The van der Waals surface area contributed by atoms with E-state index >= 15 is 0 Å². The number of nitrogens with two attached hydrogens (primary N) is 1. The molecule has 2 aromatic rings. The highest BCUT2D eigenvalue weighted by Crippen LogP contribution is 2.25. The number of amides is 2. The van der Waals surface area contributed by atoms with Crippen LogP contribution in [-0.2, 0) is 0 Å². The number of thiazole rings is 1. The van der Waals surface area contributed by atoms with Gasteiger partial charge in [-0.1, -0.05) is 18.2 Å². The van der Waals surface area contributed by atoms with Crippen LogP contribution in [0.25, 0.3) is 0 Å². The Kier molecular flexibility index (Phi) is 2.64. The summed E-state index contributed by atoms with van der Waals surface area (Å²) in [4.78, 5) is 16.7. The Morgan fingerprint density at radius 1 is 1.53 bits per heavy atom. The summed E-state index contributed by atoms with van der Waals surface area (Å²) in [5.74, 6) is 0. The van der Waals surface area contributed by atoms with E-state index in [4.69, 9.17) is 5.73 Å². The maximum Gasteiger partial charge on any atom is 0.325 e. The number of carbonyl (C=O) groups is 1. The van der Waals surface area contributed by atoms with Crippen molar-refractivity contribution in [1.29, 1.82) is 0 Å². The lowest BCUT2D eigenvalue weighted by atomic mass is 10.3. The van der Waals surface area contributed by atoms with Crippen molar-refractivity contribution < 1.29 is 4.79 Å². The monoisotopic (exact) mass is 218 g/mol. The fraction of sp³-hybridized carbons (Fsp3) is 0. The topological polar surface area (TPSA) is 59.2 Å². The van der Waals surface area contributed by atoms with Gasteiger partial charge in [-0.3, -0.25) is 0 Å². The van der Waals surface area contributed by atoms with E-state index < -0.39 is 6.03 Å². The highest BCUT2D eigenvalue weighted by Gasteiger charge is 2.16. The number of carbonyl (C=O) groups excluding carboxylic acids is 1. The fourth-order valence-corrected chi connectivity index (χ4v) is 1.82. The first-order valence-corrected chi connectivity index (χ1v) is 5.13. The summed E-state index contributed by atoms with van der Waals surface area (Å²) in [6.45, 7) is 0. The number of primary amides is 1. The molecule has 0 saturated heterocycles. The number of hydrogen-bond acceptors (Lipinski definition) is 3. The zero-order valence-electron chi connectivity index (χ0n) is 7.75. The molecule has 1 aromatic heterocycles. The SMILES string of the molecule is NC(=O)N(c1[c]cccc1)c1nccs1.